The van der Waals surface area contributed by atoms with Gasteiger partial charge in [0.15, 0.2) is 5.76 Å². The highest BCUT2D eigenvalue weighted by Crippen LogP contribution is 2.43. The lowest BCUT2D eigenvalue weighted by Gasteiger charge is -2.10. The number of primary amides is 1. The van der Waals surface area contributed by atoms with Gasteiger partial charge in [0.2, 0.25) is 0 Å². The van der Waals surface area contributed by atoms with Crippen molar-refractivity contribution in [2.45, 2.75) is 59.6 Å². The summed E-state index contributed by atoms with van der Waals surface area (Å²) in [5.74, 6) is -0.00260. The average Bonchev–Trinajstić information content (AvgIpc) is 3.72. The summed E-state index contributed by atoms with van der Waals surface area (Å²) in [4.78, 5) is 30.0. The third-order valence-corrected chi connectivity index (χ3v) is 8.35. The number of thiophene rings is 1. The van der Waals surface area contributed by atoms with E-state index in [4.69, 9.17) is 14.9 Å². The molecule has 0 aliphatic heterocycles. The molecule has 0 aliphatic rings. The Morgan fingerprint density at radius 2 is 1.88 bits per heavy atom. The maximum absolute atomic E-state index is 13.8. The molecule has 4 heterocycles. The number of furan rings is 1. The number of nitrogens with two attached hydrogens (primary N) is 1. The first-order valence-electron chi connectivity index (χ1n) is 13.8. The van der Waals surface area contributed by atoms with Gasteiger partial charge < -0.3 is 20.2 Å². The van der Waals surface area contributed by atoms with Crippen LogP contribution in [0.4, 0.5) is 14.5 Å². The Kier molecular flexibility index (Phi) is 8.58. The zero-order valence-electron chi connectivity index (χ0n) is 24.1. The van der Waals surface area contributed by atoms with E-state index in [1.165, 1.54) is 17.7 Å². The summed E-state index contributed by atoms with van der Waals surface area (Å²) in [6.07, 6.45) is -0.0934. The zero-order valence-corrected chi connectivity index (χ0v) is 24.9. The van der Waals surface area contributed by atoms with Gasteiger partial charge in [-0.3, -0.25) is 14.3 Å². The number of benzene rings is 1. The van der Waals surface area contributed by atoms with Crippen LogP contribution >= 0.6 is 11.3 Å². The number of hydrogen-bond donors (Lipinski definition) is 2. The molecular formula is C31H31F2N5O4S. The lowest BCUT2D eigenvalue weighted by Crippen LogP contribution is -2.16. The van der Waals surface area contributed by atoms with Gasteiger partial charge in [-0.15, -0.1) is 11.3 Å². The Labute approximate surface area is 250 Å². The molecule has 0 saturated carbocycles. The molecule has 0 aliphatic carbocycles. The Hall–Kier alpha value is -4.58. The molecule has 1 unspecified atom stereocenters. The summed E-state index contributed by atoms with van der Waals surface area (Å²) in [5, 5.41) is 7.46. The summed E-state index contributed by atoms with van der Waals surface area (Å²) < 4.78 is 40.9. The Balaban J connectivity index is 1.45. The second-order valence-electron chi connectivity index (χ2n) is 10.1. The first-order chi connectivity index (χ1) is 20.6. The second kappa shape index (κ2) is 12.3. The number of halogens is 2. The molecule has 5 aromatic rings. The van der Waals surface area contributed by atoms with Crippen molar-refractivity contribution in [3.63, 3.8) is 0 Å². The van der Waals surface area contributed by atoms with Crippen molar-refractivity contribution in [3.05, 3.63) is 82.0 Å². The highest BCUT2D eigenvalue weighted by atomic mass is 32.1. The molecule has 0 bridgehead atoms. The number of carbonyl (C=O) groups excluding carboxylic acids is 2. The van der Waals surface area contributed by atoms with Gasteiger partial charge in [-0.2, -0.15) is 5.10 Å². The number of rotatable bonds is 11. The van der Waals surface area contributed by atoms with Crippen LogP contribution in [0.5, 0.6) is 5.75 Å². The van der Waals surface area contributed by atoms with E-state index in [1.54, 1.807) is 23.9 Å². The standard InChI is InChI=1S/C31H31F2N5O4S/c1-5-16(3)18-7-9-19(10-8-18)41-15-20-11-12-24(42-20)30(40)36-26-25-21(22-14-38(6-2)37-17(22)4)13-23(28(32)33)35-31(25)43-27(26)29(34)39/h7-14,16,28H,5-6,15H2,1-4H3,(H2,34,39)(H,36,40). The fraction of sp³-hybridized carbons (Fsp3) is 0.290. The van der Waals surface area contributed by atoms with Crippen LogP contribution in [-0.2, 0) is 13.2 Å². The van der Waals surface area contributed by atoms with Crippen LogP contribution in [0.1, 0.15) is 82.5 Å². The topological polar surface area (TPSA) is 125 Å². The van der Waals surface area contributed by atoms with Crippen LogP contribution in [0.3, 0.4) is 0 Å². The molecule has 2 amide bonds. The molecule has 0 fully saturated rings. The van der Waals surface area contributed by atoms with Gasteiger partial charge in [-0.25, -0.2) is 13.8 Å². The summed E-state index contributed by atoms with van der Waals surface area (Å²) in [6, 6.07) is 12.2. The third kappa shape index (κ3) is 6.14. The largest absolute Gasteiger partial charge is 0.486 e. The molecule has 12 heteroatoms. The number of nitrogens with zero attached hydrogens (tertiary/aromatic N) is 3. The molecule has 3 N–H and O–H groups in total. The first kappa shape index (κ1) is 29.9. The van der Waals surface area contributed by atoms with E-state index >= 15 is 0 Å². The second-order valence-corrected chi connectivity index (χ2v) is 11.1. The maximum atomic E-state index is 13.8. The number of amides is 2. The zero-order chi connectivity index (χ0) is 30.8. The van der Waals surface area contributed by atoms with E-state index in [0.29, 0.717) is 46.2 Å². The van der Waals surface area contributed by atoms with Gasteiger partial charge in [-0.05, 0) is 67.6 Å². The molecule has 9 nitrogen and oxygen atoms in total. The molecule has 1 aromatic carbocycles. The lowest BCUT2D eigenvalue weighted by atomic mass is 9.99. The van der Waals surface area contributed by atoms with Crippen LogP contribution in [-0.4, -0.2) is 26.6 Å². The van der Waals surface area contributed by atoms with Gasteiger partial charge in [0.25, 0.3) is 18.2 Å². The number of nitrogens with one attached hydrogen (secondary N) is 1. The van der Waals surface area contributed by atoms with Crippen molar-refractivity contribution in [2.75, 3.05) is 5.32 Å². The summed E-state index contributed by atoms with van der Waals surface area (Å²) in [5.41, 5.74) is 7.99. The van der Waals surface area contributed by atoms with Crippen LogP contribution in [0.25, 0.3) is 21.3 Å². The highest BCUT2D eigenvalue weighted by molar-refractivity contribution is 7.21. The van der Waals surface area contributed by atoms with E-state index < -0.39 is 23.9 Å². The van der Waals surface area contributed by atoms with Crippen molar-refractivity contribution in [1.29, 1.82) is 0 Å². The molecule has 43 heavy (non-hydrogen) atoms. The number of alkyl halides is 2. The molecule has 5 rings (SSSR count). The SMILES string of the molecule is CCC(C)c1ccc(OCc2ccc(C(=O)Nc3c(C(N)=O)sc4nc(C(F)F)cc(-c5cn(CC)nc5C)c34)o2)cc1. The van der Waals surface area contributed by atoms with Gasteiger partial charge >= 0.3 is 0 Å². The van der Waals surface area contributed by atoms with Crippen molar-refractivity contribution in [2.24, 2.45) is 5.73 Å². The quantitative estimate of drug-likeness (QED) is 0.161. The average molecular weight is 608 g/mol. The number of carbonyl (C=O) groups is 2. The molecule has 4 aromatic heterocycles. The number of aryl methyl sites for hydroxylation is 2. The van der Waals surface area contributed by atoms with Crippen LogP contribution < -0.4 is 15.8 Å². The summed E-state index contributed by atoms with van der Waals surface area (Å²) >= 11 is 0.831. The molecule has 224 valence electrons. The summed E-state index contributed by atoms with van der Waals surface area (Å²) in [6.45, 7) is 8.60. The van der Waals surface area contributed by atoms with E-state index in [-0.39, 0.29) is 27.8 Å². The van der Waals surface area contributed by atoms with Crippen LogP contribution in [0, 0.1) is 6.92 Å². The minimum atomic E-state index is -2.86. The lowest BCUT2D eigenvalue weighted by molar-refractivity contribution is 0.0992. The number of pyridine rings is 1. The van der Waals surface area contributed by atoms with Crippen LogP contribution in [0.2, 0.25) is 0 Å². The number of aromatic nitrogens is 3. The Morgan fingerprint density at radius 1 is 1.14 bits per heavy atom. The smallest absolute Gasteiger partial charge is 0.291 e. The molecule has 0 spiro atoms. The van der Waals surface area contributed by atoms with Gasteiger partial charge in [0.1, 0.15) is 33.5 Å². The molecular weight excluding hydrogens is 576 g/mol. The Bertz CT molecular complexity index is 1790. The predicted octanol–water partition coefficient (Wildman–Crippen LogP) is 7.46. The van der Waals surface area contributed by atoms with Crippen molar-refractivity contribution < 1.29 is 27.5 Å². The van der Waals surface area contributed by atoms with Crippen molar-refractivity contribution in [1.82, 2.24) is 14.8 Å². The van der Waals surface area contributed by atoms with Gasteiger partial charge in [-0.1, -0.05) is 26.0 Å². The van der Waals surface area contributed by atoms with Crippen LogP contribution in [0.15, 0.2) is 53.1 Å². The third-order valence-electron chi connectivity index (χ3n) is 7.26. The van der Waals surface area contributed by atoms with E-state index in [2.05, 4.69) is 29.2 Å². The number of ether oxygens (including phenoxy) is 1. The highest BCUT2D eigenvalue weighted by Gasteiger charge is 2.27. The Morgan fingerprint density at radius 3 is 2.51 bits per heavy atom. The number of anilines is 1. The maximum Gasteiger partial charge on any atom is 0.291 e. The van der Waals surface area contributed by atoms with Crippen molar-refractivity contribution >= 4 is 39.1 Å². The van der Waals surface area contributed by atoms with E-state index in [0.717, 1.165) is 17.8 Å². The van der Waals surface area contributed by atoms with Crippen molar-refractivity contribution in [3.8, 4) is 16.9 Å². The van der Waals surface area contributed by atoms with Gasteiger partial charge in [0.05, 0.1) is 11.4 Å². The van der Waals surface area contributed by atoms with E-state index in [1.807, 2.05) is 31.2 Å². The molecule has 0 saturated heterocycles. The molecule has 0 radical (unpaired) electrons. The normalized spacial score (nSPS) is 12.2. The monoisotopic (exact) mass is 607 g/mol. The molecule has 1 atom stereocenters. The van der Waals surface area contributed by atoms with E-state index in [9.17, 15) is 18.4 Å². The fourth-order valence-corrected chi connectivity index (χ4v) is 5.73. The number of hydrogen-bond acceptors (Lipinski definition) is 7. The summed E-state index contributed by atoms with van der Waals surface area (Å²) in [7, 11) is 0. The van der Waals surface area contributed by atoms with Gasteiger partial charge in [0, 0.05) is 23.7 Å². The first-order valence-corrected chi connectivity index (χ1v) is 14.6. The predicted molar refractivity (Wildman–Crippen MR) is 161 cm³/mol. The minimum absolute atomic E-state index is 0.0278. The number of fused-ring (bicyclic) bond motifs is 1. The minimum Gasteiger partial charge on any atom is -0.486 e. The fourth-order valence-electron chi connectivity index (χ4n) is 4.71.